The van der Waals surface area contributed by atoms with Crippen molar-refractivity contribution in [2.45, 2.75) is 24.9 Å². The highest BCUT2D eigenvalue weighted by Crippen LogP contribution is 2.35. The first-order valence-electron chi connectivity index (χ1n) is 11.2. The Bertz CT molecular complexity index is 1110. The molecule has 1 heterocycles. The van der Waals surface area contributed by atoms with Crippen LogP contribution in [-0.4, -0.2) is 35.1 Å². The number of likely N-dealkylation sites (tertiary alicyclic amines) is 1. The first kappa shape index (κ1) is 23.1. The fraction of sp³-hybridized carbons (Fsp3) is 0.214. The van der Waals surface area contributed by atoms with E-state index < -0.39 is 24.0 Å². The first-order valence-corrected chi connectivity index (χ1v) is 11.2. The monoisotopic (exact) mass is 456 g/mol. The molecule has 2 N–H and O–H groups in total. The molecular weight excluding hydrogens is 428 g/mol. The predicted molar refractivity (Wildman–Crippen MR) is 130 cm³/mol. The van der Waals surface area contributed by atoms with Gasteiger partial charge in [0.05, 0.1) is 19.1 Å². The molecular formula is C28H28N2O4. The number of carbonyl (C=O) groups is 2. The number of methoxy groups -OCH3 is 1. The lowest BCUT2D eigenvalue weighted by Gasteiger charge is -2.45. The third kappa shape index (κ3) is 4.81. The van der Waals surface area contributed by atoms with Crippen LogP contribution >= 0.6 is 0 Å². The smallest absolute Gasteiger partial charge is 0.325 e. The molecule has 1 saturated heterocycles. The van der Waals surface area contributed by atoms with Crippen LogP contribution in [0.2, 0.25) is 0 Å². The van der Waals surface area contributed by atoms with Crippen molar-refractivity contribution in [3.8, 4) is 5.75 Å². The number of β-lactam (4-membered cyclic amide) rings is 1. The highest BCUT2D eigenvalue weighted by molar-refractivity contribution is 6.02. The van der Waals surface area contributed by atoms with Crippen LogP contribution in [0.5, 0.6) is 5.75 Å². The van der Waals surface area contributed by atoms with Gasteiger partial charge < -0.3 is 15.2 Å². The molecule has 0 radical (unpaired) electrons. The van der Waals surface area contributed by atoms with Gasteiger partial charge in [-0.05, 0) is 41.7 Å². The number of imide groups is 1. The van der Waals surface area contributed by atoms with Crippen molar-refractivity contribution in [2.75, 3.05) is 7.11 Å². The number of hydrogen-bond acceptors (Lipinski definition) is 4. The summed E-state index contributed by atoms with van der Waals surface area (Å²) in [6.45, 7) is 3.63. The number of aliphatic hydroxyl groups excluding tert-OH is 1. The van der Waals surface area contributed by atoms with Crippen molar-refractivity contribution in [3.63, 3.8) is 0 Å². The minimum Gasteiger partial charge on any atom is -0.511 e. The third-order valence-electron chi connectivity index (χ3n) is 6.21. The normalized spacial score (nSPS) is 17.2. The molecule has 0 spiro atoms. The van der Waals surface area contributed by atoms with Gasteiger partial charge in [0.1, 0.15) is 17.6 Å². The topological polar surface area (TPSA) is 78.9 Å². The van der Waals surface area contributed by atoms with E-state index in [-0.39, 0.29) is 11.7 Å². The van der Waals surface area contributed by atoms with E-state index in [1.54, 1.807) is 7.11 Å². The quantitative estimate of drug-likeness (QED) is 0.368. The van der Waals surface area contributed by atoms with Gasteiger partial charge in [-0.1, -0.05) is 79.4 Å². The predicted octanol–water partition coefficient (Wildman–Crippen LogP) is 5.03. The molecule has 174 valence electrons. The van der Waals surface area contributed by atoms with E-state index in [0.29, 0.717) is 12.8 Å². The number of nitrogens with zero attached hydrogens (tertiary/aromatic N) is 1. The SMILES string of the molecule is C=C(O)C1[C@@H](CCc2ccc(OC)cc2)C(=O)N1C(=O)NC(c1ccccc1)c1ccccc1. The number of nitrogens with one attached hydrogen (secondary N) is 1. The Balaban J connectivity index is 1.48. The second-order valence-electron chi connectivity index (χ2n) is 8.34. The van der Waals surface area contributed by atoms with Crippen molar-refractivity contribution >= 4 is 11.9 Å². The Hall–Kier alpha value is -4.06. The highest BCUT2D eigenvalue weighted by atomic mass is 16.5. The molecule has 1 unspecified atom stereocenters. The molecule has 6 nitrogen and oxygen atoms in total. The summed E-state index contributed by atoms with van der Waals surface area (Å²) in [5.74, 6) is -0.242. The zero-order valence-electron chi connectivity index (χ0n) is 19.1. The largest absolute Gasteiger partial charge is 0.511 e. The minimum absolute atomic E-state index is 0.189. The number of ether oxygens (including phenoxy) is 1. The summed E-state index contributed by atoms with van der Waals surface area (Å²) in [6, 6.07) is 25.0. The zero-order chi connectivity index (χ0) is 24.1. The van der Waals surface area contributed by atoms with Crippen molar-refractivity contribution in [1.82, 2.24) is 10.2 Å². The summed E-state index contributed by atoms with van der Waals surface area (Å²) in [7, 11) is 1.61. The molecule has 0 saturated carbocycles. The summed E-state index contributed by atoms with van der Waals surface area (Å²) >= 11 is 0. The Morgan fingerprint density at radius 1 is 1.00 bits per heavy atom. The maximum absolute atomic E-state index is 13.2. The molecule has 0 aromatic heterocycles. The number of rotatable bonds is 8. The van der Waals surface area contributed by atoms with Crippen LogP contribution in [0.4, 0.5) is 4.79 Å². The van der Waals surface area contributed by atoms with E-state index in [4.69, 9.17) is 4.74 Å². The van der Waals surface area contributed by atoms with Crippen molar-refractivity contribution in [1.29, 1.82) is 0 Å². The molecule has 4 rings (SSSR count). The summed E-state index contributed by atoms with van der Waals surface area (Å²) in [4.78, 5) is 27.3. The average molecular weight is 457 g/mol. The number of aryl methyl sites for hydroxylation is 1. The van der Waals surface area contributed by atoms with Gasteiger partial charge in [0.25, 0.3) is 0 Å². The van der Waals surface area contributed by atoms with Crippen molar-refractivity contribution in [3.05, 3.63) is 114 Å². The summed E-state index contributed by atoms with van der Waals surface area (Å²) < 4.78 is 5.18. The van der Waals surface area contributed by atoms with Gasteiger partial charge in [0, 0.05) is 0 Å². The molecule has 34 heavy (non-hydrogen) atoms. The second-order valence-corrected chi connectivity index (χ2v) is 8.34. The number of urea groups is 1. The maximum Gasteiger partial charge on any atom is 0.325 e. The van der Waals surface area contributed by atoms with Gasteiger partial charge in [-0.2, -0.15) is 0 Å². The average Bonchev–Trinajstić information content (AvgIpc) is 2.87. The van der Waals surface area contributed by atoms with Crippen LogP contribution < -0.4 is 10.1 Å². The molecule has 1 aliphatic rings. The molecule has 6 heteroatoms. The Kier molecular flexibility index (Phi) is 6.97. The van der Waals surface area contributed by atoms with Crippen LogP contribution in [0.3, 0.4) is 0 Å². The van der Waals surface area contributed by atoms with Crippen molar-refractivity contribution in [2.24, 2.45) is 5.92 Å². The zero-order valence-corrected chi connectivity index (χ0v) is 19.1. The number of aliphatic hydroxyl groups is 1. The maximum atomic E-state index is 13.2. The number of amides is 3. The van der Waals surface area contributed by atoms with Gasteiger partial charge in [-0.15, -0.1) is 0 Å². The van der Waals surface area contributed by atoms with Crippen LogP contribution in [0, 0.1) is 5.92 Å². The summed E-state index contributed by atoms with van der Waals surface area (Å²) in [5.41, 5.74) is 2.84. The standard InChI is InChI=1S/C28H28N2O4/c1-19(31)26-24(18-15-20-13-16-23(34-2)17-14-20)27(32)30(26)28(33)29-25(21-9-5-3-6-10-21)22-11-7-4-8-12-22/h3-14,16-17,24-26,31H,1,15,18H2,2H3,(H,29,33)/t24-,26?/m1/s1. The number of benzene rings is 3. The fourth-order valence-corrected chi connectivity index (χ4v) is 4.40. The van der Waals surface area contributed by atoms with Gasteiger partial charge in [-0.3, -0.25) is 9.69 Å². The molecule has 1 aliphatic heterocycles. The van der Waals surface area contributed by atoms with E-state index in [9.17, 15) is 14.7 Å². The van der Waals surface area contributed by atoms with E-state index in [1.165, 1.54) is 0 Å². The molecule has 3 amide bonds. The van der Waals surface area contributed by atoms with Crippen LogP contribution in [-0.2, 0) is 11.2 Å². The van der Waals surface area contributed by atoms with E-state index in [1.807, 2.05) is 84.9 Å². The lowest BCUT2D eigenvalue weighted by atomic mass is 9.82. The minimum atomic E-state index is -0.752. The third-order valence-corrected chi connectivity index (χ3v) is 6.21. The number of hydrogen-bond donors (Lipinski definition) is 2. The Morgan fingerprint density at radius 3 is 2.06 bits per heavy atom. The molecule has 0 aliphatic carbocycles. The molecule has 1 fully saturated rings. The molecule has 3 aromatic carbocycles. The highest BCUT2D eigenvalue weighted by Gasteiger charge is 2.52. The van der Waals surface area contributed by atoms with Gasteiger partial charge in [0.2, 0.25) is 5.91 Å². The lowest BCUT2D eigenvalue weighted by molar-refractivity contribution is -0.149. The van der Waals surface area contributed by atoms with Crippen LogP contribution in [0.25, 0.3) is 0 Å². The second kappa shape index (κ2) is 10.3. The Labute approximate surface area is 199 Å². The summed E-state index contributed by atoms with van der Waals surface area (Å²) in [6.07, 6.45) is 1.14. The number of carbonyl (C=O) groups excluding carboxylic acids is 2. The lowest BCUT2D eigenvalue weighted by Crippen LogP contribution is -2.66. The van der Waals surface area contributed by atoms with E-state index >= 15 is 0 Å². The van der Waals surface area contributed by atoms with Crippen LogP contribution in [0.15, 0.2) is 97.3 Å². The Morgan fingerprint density at radius 2 is 1.56 bits per heavy atom. The van der Waals surface area contributed by atoms with Gasteiger partial charge >= 0.3 is 6.03 Å². The molecule has 2 atom stereocenters. The van der Waals surface area contributed by atoms with Gasteiger partial charge in [-0.25, -0.2) is 4.79 Å². The van der Waals surface area contributed by atoms with Crippen LogP contribution in [0.1, 0.15) is 29.2 Å². The van der Waals surface area contributed by atoms with E-state index in [2.05, 4.69) is 11.9 Å². The van der Waals surface area contributed by atoms with Crippen molar-refractivity contribution < 1.29 is 19.4 Å². The summed E-state index contributed by atoms with van der Waals surface area (Å²) in [5, 5.41) is 13.2. The molecule has 0 bridgehead atoms. The molecule has 3 aromatic rings. The fourth-order valence-electron chi connectivity index (χ4n) is 4.40. The first-order chi connectivity index (χ1) is 16.5. The van der Waals surface area contributed by atoms with Gasteiger partial charge in [0.15, 0.2) is 0 Å². The van der Waals surface area contributed by atoms with E-state index in [0.717, 1.165) is 27.3 Å².